The van der Waals surface area contributed by atoms with E-state index in [0.29, 0.717) is 12.0 Å². The molecule has 2 aliphatic carbocycles. The standard InChI is InChI=1S/C12H15F2N3O2/c1-5(2)17-9-8(6-4-7(6)12(9,13)14)10(16-17)15-11(18)19-3/h5-7H,4H2,1-3H3,(H,15,16,18)/t6-,7+/m0/s1. The van der Waals surface area contributed by atoms with Gasteiger partial charge in [-0.1, -0.05) is 0 Å². The summed E-state index contributed by atoms with van der Waals surface area (Å²) in [7, 11) is 1.23. The van der Waals surface area contributed by atoms with E-state index >= 15 is 0 Å². The van der Waals surface area contributed by atoms with E-state index in [1.165, 1.54) is 11.8 Å². The van der Waals surface area contributed by atoms with E-state index < -0.39 is 17.9 Å². The number of halogens is 2. The molecule has 0 bridgehead atoms. The molecule has 1 amide bonds. The van der Waals surface area contributed by atoms with Crippen molar-refractivity contribution in [2.24, 2.45) is 5.92 Å². The van der Waals surface area contributed by atoms with Crippen LogP contribution in [0.25, 0.3) is 0 Å². The lowest BCUT2D eigenvalue weighted by atomic mass is 10.1. The summed E-state index contributed by atoms with van der Waals surface area (Å²) in [6, 6.07) is -0.190. The van der Waals surface area contributed by atoms with Crippen molar-refractivity contribution in [3.05, 3.63) is 11.3 Å². The number of carbonyl (C=O) groups is 1. The summed E-state index contributed by atoms with van der Waals surface area (Å²) in [5.74, 6) is -3.47. The van der Waals surface area contributed by atoms with E-state index in [1.807, 2.05) is 0 Å². The zero-order valence-electron chi connectivity index (χ0n) is 10.9. The maximum atomic E-state index is 14.2. The molecule has 1 aromatic rings. The van der Waals surface area contributed by atoms with Gasteiger partial charge in [-0.2, -0.15) is 13.9 Å². The highest BCUT2D eigenvalue weighted by molar-refractivity contribution is 5.85. The molecule has 0 spiro atoms. The first kappa shape index (κ1) is 12.4. The second-order valence-electron chi connectivity index (χ2n) is 5.34. The van der Waals surface area contributed by atoms with Gasteiger partial charge in [-0.15, -0.1) is 0 Å². The topological polar surface area (TPSA) is 56.1 Å². The van der Waals surface area contributed by atoms with Gasteiger partial charge in [0, 0.05) is 17.5 Å². The Kier molecular flexibility index (Phi) is 2.40. The molecule has 0 aromatic carbocycles. The predicted octanol–water partition coefficient (Wildman–Crippen LogP) is 2.85. The number of carbonyl (C=O) groups excluding carboxylic acids is 1. The van der Waals surface area contributed by atoms with Gasteiger partial charge in [0.2, 0.25) is 0 Å². The number of aromatic nitrogens is 2. The summed E-state index contributed by atoms with van der Waals surface area (Å²) < 4.78 is 34.3. The lowest BCUT2D eigenvalue weighted by molar-refractivity contribution is -0.0318. The average Bonchev–Trinajstić information content (AvgIpc) is 2.99. The molecule has 3 rings (SSSR count). The first-order valence-corrected chi connectivity index (χ1v) is 6.23. The Morgan fingerprint density at radius 3 is 2.84 bits per heavy atom. The lowest BCUT2D eigenvalue weighted by Gasteiger charge is -2.17. The van der Waals surface area contributed by atoms with Gasteiger partial charge >= 0.3 is 6.09 Å². The van der Waals surface area contributed by atoms with Crippen LogP contribution in [0.5, 0.6) is 0 Å². The molecular formula is C12H15F2N3O2. The number of nitrogens with one attached hydrogen (secondary N) is 1. The molecule has 1 saturated carbocycles. The van der Waals surface area contributed by atoms with Crippen molar-refractivity contribution in [1.82, 2.24) is 9.78 Å². The Morgan fingerprint density at radius 1 is 1.58 bits per heavy atom. The van der Waals surface area contributed by atoms with E-state index in [0.717, 1.165) is 0 Å². The maximum Gasteiger partial charge on any atom is 0.412 e. The highest BCUT2D eigenvalue weighted by Gasteiger charge is 2.67. The SMILES string of the molecule is COC(=O)Nc1nn(C(C)C)c2c1[C@H]1C[C@H]1C2(F)F. The van der Waals surface area contributed by atoms with Crippen LogP contribution < -0.4 is 5.32 Å². The van der Waals surface area contributed by atoms with E-state index in [-0.39, 0.29) is 23.5 Å². The highest BCUT2D eigenvalue weighted by Crippen LogP contribution is 2.68. The van der Waals surface area contributed by atoms with Crippen LogP contribution in [0.1, 0.15) is 43.5 Å². The molecule has 1 N–H and O–H groups in total. The van der Waals surface area contributed by atoms with Crippen molar-refractivity contribution >= 4 is 11.9 Å². The van der Waals surface area contributed by atoms with Crippen molar-refractivity contribution in [1.29, 1.82) is 0 Å². The smallest absolute Gasteiger partial charge is 0.412 e. The zero-order valence-corrected chi connectivity index (χ0v) is 10.9. The molecule has 0 saturated heterocycles. The molecule has 5 nitrogen and oxygen atoms in total. The molecule has 7 heteroatoms. The molecule has 2 aliphatic rings. The van der Waals surface area contributed by atoms with E-state index in [4.69, 9.17) is 0 Å². The number of ether oxygens (including phenoxy) is 1. The van der Waals surface area contributed by atoms with Crippen LogP contribution in [0, 0.1) is 5.92 Å². The maximum absolute atomic E-state index is 14.2. The largest absolute Gasteiger partial charge is 0.453 e. The molecule has 0 unspecified atom stereocenters. The van der Waals surface area contributed by atoms with Crippen LogP contribution in [-0.2, 0) is 10.7 Å². The minimum absolute atomic E-state index is 0.0462. The highest BCUT2D eigenvalue weighted by atomic mass is 19.3. The molecule has 1 aromatic heterocycles. The summed E-state index contributed by atoms with van der Waals surface area (Å²) in [5, 5.41) is 6.55. The van der Waals surface area contributed by atoms with Gasteiger partial charge in [0.15, 0.2) is 5.82 Å². The van der Waals surface area contributed by atoms with E-state index in [2.05, 4.69) is 15.2 Å². The fourth-order valence-electron chi connectivity index (χ4n) is 2.83. The minimum Gasteiger partial charge on any atom is -0.453 e. The minimum atomic E-state index is -2.85. The van der Waals surface area contributed by atoms with Crippen LogP contribution in [-0.4, -0.2) is 23.0 Å². The summed E-state index contributed by atoms with van der Waals surface area (Å²) in [4.78, 5) is 11.3. The van der Waals surface area contributed by atoms with Crippen LogP contribution in [0.2, 0.25) is 0 Å². The molecule has 0 radical (unpaired) electrons. The number of alkyl halides is 2. The molecule has 1 heterocycles. The number of fused-ring (bicyclic) bond motifs is 3. The zero-order chi connectivity index (χ0) is 13.9. The number of hydrogen-bond donors (Lipinski definition) is 1. The first-order chi connectivity index (χ1) is 8.87. The molecule has 104 valence electrons. The van der Waals surface area contributed by atoms with E-state index in [9.17, 15) is 13.6 Å². The van der Waals surface area contributed by atoms with Crippen molar-refractivity contribution in [2.75, 3.05) is 12.4 Å². The number of nitrogens with zero attached hydrogens (tertiary/aromatic N) is 2. The van der Waals surface area contributed by atoms with Crippen LogP contribution >= 0.6 is 0 Å². The number of amides is 1. The Bertz CT molecular complexity index is 553. The van der Waals surface area contributed by atoms with Gasteiger partial charge in [0.25, 0.3) is 5.92 Å². The third-order valence-electron chi connectivity index (χ3n) is 3.78. The number of rotatable bonds is 2. The third-order valence-corrected chi connectivity index (χ3v) is 3.78. The molecule has 1 fully saturated rings. The molecule has 19 heavy (non-hydrogen) atoms. The molecular weight excluding hydrogens is 256 g/mol. The normalized spacial score (nSPS) is 26.0. The second-order valence-corrected chi connectivity index (χ2v) is 5.34. The fourth-order valence-corrected chi connectivity index (χ4v) is 2.83. The van der Waals surface area contributed by atoms with Crippen LogP contribution in [0.15, 0.2) is 0 Å². The third kappa shape index (κ3) is 1.56. The summed E-state index contributed by atoms with van der Waals surface area (Å²) in [6.07, 6.45) is -0.233. The Labute approximate surface area is 108 Å². The Hall–Kier alpha value is -1.66. The number of methoxy groups -OCH3 is 1. The van der Waals surface area contributed by atoms with Crippen molar-refractivity contribution < 1.29 is 18.3 Å². The number of anilines is 1. The Morgan fingerprint density at radius 2 is 2.26 bits per heavy atom. The Balaban J connectivity index is 2.09. The number of hydrogen-bond acceptors (Lipinski definition) is 3. The van der Waals surface area contributed by atoms with E-state index in [1.54, 1.807) is 13.8 Å². The van der Waals surface area contributed by atoms with Gasteiger partial charge in [0.05, 0.1) is 7.11 Å². The predicted molar refractivity (Wildman–Crippen MR) is 63.4 cm³/mol. The van der Waals surface area contributed by atoms with Crippen molar-refractivity contribution in [3.63, 3.8) is 0 Å². The van der Waals surface area contributed by atoms with Crippen molar-refractivity contribution in [2.45, 2.75) is 38.2 Å². The second kappa shape index (κ2) is 3.68. The van der Waals surface area contributed by atoms with Gasteiger partial charge < -0.3 is 4.74 Å². The average molecular weight is 271 g/mol. The summed E-state index contributed by atoms with van der Waals surface area (Å²) in [6.45, 7) is 3.57. The van der Waals surface area contributed by atoms with Gasteiger partial charge in [0.1, 0.15) is 5.69 Å². The van der Waals surface area contributed by atoms with Gasteiger partial charge in [-0.05, 0) is 26.2 Å². The fraction of sp³-hybridized carbons (Fsp3) is 0.667. The van der Waals surface area contributed by atoms with Crippen LogP contribution in [0.3, 0.4) is 0 Å². The molecule has 0 aliphatic heterocycles. The summed E-state index contributed by atoms with van der Waals surface area (Å²) >= 11 is 0. The quantitative estimate of drug-likeness (QED) is 0.899. The first-order valence-electron chi connectivity index (χ1n) is 6.23. The molecule has 2 atom stereocenters. The van der Waals surface area contributed by atoms with Crippen molar-refractivity contribution in [3.8, 4) is 0 Å². The lowest BCUT2D eigenvalue weighted by Crippen LogP contribution is -2.21. The van der Waals surface area contributed by atoms with Gasteiger partial charge in [-0.25, -0.2) is 4.79 Å². The monoisotopic (exact) mass is 271 g/mol. The van der Waals surface area contributed by atoms with Crippen LogP contribution in [0.4, 0.5) is 19.4 Å². The van der Waals surface area contributed by atoms with Gasteiger partial charge in [-0.3, -0.25) is 10.00 Å². The summed E-state index contributed by atoms with van der Waals surface area (Å²) in [5.41, 5.74) is 0.434.